The maximum absolute atomic E-state index is 13.3. The number of aryl methyl sites for hydroxylation is 1. The molecule has 0 heterocycles. The molecule has 0 spiro atoms. The van der Waals surface area contributed by atoms with Crippen molar-refractivity contribution in [3.05, 3.63) is 90.0 Å². The monoisotopic (exact) mass is 520 g/mol. The third kappa shape index (κ3) is 7.00. The van der Waals surface area contributed by atoms with Gasteiger partial charge < -0.3 is 10.1 Å². The quantitative estimate of drug-likeness (QED) is 0.359. The van der Waals surface area contributed by atoms with Crippen LogP contribution in [0.4, 0.5) is 18.9 Å². The molecule has 0 saturated heterocycles. The van der Waals surface area contributed by atoms with E-state index in [4.69, 9.17) is 4.74 Å². The van der Waals surface area contributed by atoms with Crippen molar-refractivity contribution in [3.8, 4) is 5.75 Å². The molecule has 0 radical (unpaired) electrons. The van der Waals surface area contributed by atoms with Gasteiger partial charge in [-0.3, -0.25) is 9.10 Å². The van der Waals surface area contributed by atoms with Crippen molar-refractivity contribution in [1.82, 2.24) is 5.32 Å². The van der Waals surface area contributed by atoms with Crippen LogP contribution in [0.3, 0.4) is 0 Å². The number of nitrogens with zero attached hydrogens (tertiary/aromatic N) is 1. The molecule has 3 aromatic carbocycles. The highest BCUT2D eigenvalue weighted by molar-refractivity contribution is 7.92. The first-order valence-corrected chi connectivity index (χ1v) is 12.8. The van der Waals surface area contributed by atoms with E-state index in [0.717, 1.165) is 29.5 Å². The molecule has 0 unspecified atom stereocenters. The maximum atomic E-state index is 13.3. The number of nitrogens with one attached hydrogen (secondary N) is 1. The Hall–Kier alpha value is -3.53. The van der Waals surface area contributed by atoms with Gasteiger partial charge in [0.05, 0.1) is 22.8 Å². The van der Waals surface area contributed by atoms with Crippen LogP contribution in [0.1, 0.15) is 24.5 Å². The second kappa shape index (κ2) is 11.9. The predicted octanol–water partition coefficient (Wildman–Crippen LogP) is 5.05. The van der Waals surface area contributed by atoms with E-state index in [1.165, 1.54) is 30.3 Å². The van der Waals surface area contributed by atoms with Crippen LogP contribution in [0.2, 0.25) is 0 Å². The molecular weight excluding hydrogens is 493 g/mol. The lowest BCUT2D eigenvalue weighted by Crippen LogP contribution is -2.41. The van der Waals surface area contributed by atoms with Crippen molar-refractivity contribution in [1.29, 1.82) is 0 Å². The lowest BCUT2D eigenvalue weighted by Gasteiger charge is -2.25. The van der Waals surface area contributed by atoms with Gasteiger partial charge in [-0.2, -0.15) is 13.2 Å². The number of hydrogen-bond acceptors (Lipinski definition) is 4. The summed E-state index contributed by atoms with van der Waals surface area (Å²) in [4.78, 5) is 12.6. The lowest BCUT2D eigenvalue weighted by atomic mass is 10.1. The number of anilines is 1. The molecule has 6 nitrogen and oxygen atoms in total. The SMILES string of the molecule is CCOc1ccccc1CCCNC(=O)CN(c1cccc(C(F)(F)F)c1)S(=O)(=O)c1ccccc1. The smallest absolute Gasteiger partial charge is 0.416 e. The van der Waals surface area contributed by atoms with E-state index in [-0.39, 0.29) is 17.1 Å². The second-order valence-corrected chi connectivity index (χ2v) is 9.73. The van der Waals surface area contributed by atoms with E-state index in [2.05, 4.69) is 5.32 Å². The summed E-state index contributed by atoms with van der Waals surface area (Å²) in [6.45, 7) is 1.99. The first kappa shape index (κ1) is 27.1. The van der Waals surface area contributed by atoms with Crippen molar-refractivity contribution in [3.63, 3.8) is 0 Å². The number of carbonyl (C=O) groups excluding carboxylic acids is 1. The van der Waals surface area contributed by atoms with Crippen LogP contribution >= 0.6 is 0 Å². The maximum Gasteiger partial charge on any atom is 0.416 e. The Bertz CT molecular complexity index is 1270. The van der Waals surface area contributed by atoms with Crippen LogP contribution < -0.4 is 14.4 Å². The molecule has 0 saturated carbocycles. The van der Waals surface area contributed by atoms with Crippen molar-refractivity contribution in [2.45, 2.75) is 30.8 Å². The highest BCUT2D eigenvalue weighted by Crippen LogP contribution is 2.33. The van der Waals surface area contributed by atoms with Gasteiger partial charge in [-0.05, 0) is 61.7 Å². The molecule has 0 fully saturated rings. The third-order valence-electron chi connectivity index (χ3n) is 5.30. The van der Waals surface area contributed by atoms with E-state index >= 15 is 0 Å². The number of sulfonamides is 1. The average Bonchev–Trinajstić information content (AvgIpc) is 2.86. The summed E-state index contributed by atoms with van der Waals surface area (Å²) in [6, 6.07) is 18.7. The third-order valence-corrected chi connectivity index (χ3v) is 7.09. The molecule has 0 bridgehead atoms. The van der Waals surface area contributed by atoms with Gasteiger partial charge >= 0.3 is 6.18 Å². The van der Waals surface area contributed by atoms with Crippen LogP contribution in [-0.2, 0) is 27.4 Å². The van der Waals surface area contributed by atoms with Gasteiger partial charge in [0, 0.05) is 6.54 Å². The van der Waals surface area contributed by atoms with Crippen LogP contribution in [0.15, 0.2) is 83.8 Å². The van der Waals surface area contributed by atoms with Gasteiger partial charge in [0.25, 0.3) is 10.0 Å². The number of para-hydroxylation sites is 1. The number of hydrogen-bond donors (Lipinski definition) is 1. The standard InChI is InChI=1S/C26H27F3N2O4S/c1-2-35-24-16-7-6-10-20(24)11-9-17-30-25(32)19-31(36(33,34)23-14-4-3-5-15-23)22-13-8-12-21(18-22)26(27,28)29/h3-8,10,12-16,18H,2,9,11,17,19H2,1H3,(H,30,32). The van der Waals surface area contributed by atoms with E-state index in [9.17, 15) is 26.4 Å². The van der Waals surface area contributed by atoms with Crippen molar-refractivity contribution >= 4 is 21.6 Å². The van der Waals surface area contributed by atoms with E-state index in [1.807, 2.05) is 31.2 Å². The zero-order valence-electron chi connectivity index (χ0n) is 19.7. The minimum atomic E-state index is -4.67. The number of carbonyl (C=O) groups is 1. The molecule has 3 aromatic rings. The van der Waals surface area contributed by atoms with Crippen LogP contribution in [-0.4, -0.2) is 34.0 Å². The fraction of sp³-hybridized carbons (Fsp3) is 0.269. The Balaban J connectivity index is 1.75. The zero-order chi connectivity index (χ0) is 26.2. The molecule has 0 atom stereocenters. The molecule has 1 amide bonds. The summed E-state index contributed by atoms with van der Waals surface area (Å²) in [5, 5.41) is 2.66. The first-order valence-electron chi connectivity index (χ1n) is 11.4. The summed E-state index contributed by atoms with van der Waals surface area (Å²) in [5.74, 6) is 0.126. The Morgan fingerprint density at radius 1 is 0.972 bits per heavy atom. The molecule has 3 rings (SSSR count). The normalized spacial score (nSPS) is 11.7. The molecule has 192 valence electrons. The largest absolute Gasteiger partial charge is 0.494 e. The topological polar surface area (TPSA) is 75.7 Å². The Labute approximate surface area is 208 Å². The molecule has 1 N–H and O–H groups in total. The summed E-state index contributed by atoms with van der Waals surface area (Å²) < 4.78 is 72.7. The molecule has 0 aliphatic rings. The summed E-state index contributed by atoms with van der Waals surface area (Å²) >= 11 is 0. The van der Waals surface area contributed by atoms with E-state index in [1.54, 1.807) is 6.07 Å². The van der Waals surface area contributed by atoms with Crippen LogP contribution in [0, 0.1) is 0 Å². The molecule has 10 heteroatoms. The number of amides is 1. The molecule has 0 aliphatic heterocycles. The van der Waals surface area contributed by atoms with E-state index < -0.39 is 34.2 Å². The minimum Gasteiger partial charge on any atom is -0.494 e. The fourth-order valence-electron chi connectivity index (χ4n) is 3.57. The first-order chi connectivity index (χ1) is 17.1. The minimum absolute atomic E-state index is 0.136. The van der Waals surface area contributed by atoms with Gasteiger partial charge in [0.2, 0.25) is 5.91 Å². The number of benzene rings is 3. The van der Waals surface area contributed by atoms with Gasteiger partial charge in [0.1, 0.15) is 12.3 Å². The summed E-state index contributed by atoms with van der Waals surface area (Å²) in [5.41, 5.74) is -0.290. The van der Waals surface area contributed by atoms with Gasteiger partial charge in [0.15, 0.2) is 0 Å². The fourth-order valence-corrected chi connectivity index (χ4v) is 5.01. The van der Waals surface area contributed by atoms with E-state index in [0.29, 0.717) is 23.8 Å². The molecule has 0 aliphatic carbocycles. The Morgan fingerprint density at radius 2 is 1.67 bits per heavy atom. The molecular formula is C26H27F3N2O4S. The number of ether oxygens (including phenoxy) is 1. The Morgan fingerprint density at radius 3 is 2.36 bits per heavy atom. The van der Waals surface area contributed by atoms with Crippen LogP contribution in [0.5, 0.6) is 5.75 Å². The van der Waals surface area contributed by atoms with Gasteiger partial charge in [-0.1, -0.05) is 42.5 Å². The predicted molar refractivity (Wildman–Crippen MR) is 131 cm³/mol. The highest BCUT2D eigenvalue weighted by Gasteiger charge is 2.33. The second-order valence-electron chi connectivity index (χ2n) is 7.87. The number of halogens is 3. The lowest BCUT2D eigenvalue weighted by molar-refractivity contribution is -0.137. The summed E-state index contributed by atoms with van der Waals surface area (Å²) in [7, 11) is -4.31. The van der Waals surface area contributed by atoms with Crippen LogP contribution in [0.25, 0.3) is 0 Å². The highest BCUT2D eigenvalue weighted by atomic mass is 32.2. The van der Waals surface area contributed by atoms with Crippen molar-refractivity contribution in [2.75, 3.05) is 24.0 Å². The average molecular weight is 521 g/mol. The summed E-state index contributed by atoms with van der Waals surface area (Å²) in [6.07, 6.45) is -3.49. The zero-order valence-corrected chi connectivity index (χ0v) is 20.5. The molecule has 0 aromatic heterocycles. The number of rotatable bonds is 11. The van der Waals surface area contributed by atoms with Crippen molar-refractivity contribution < 1.29 is 31.1 Å². The Kier molecular flexibility index (Phi) is 8.98. The van der Waals surface area contributed by atoms with Gasteiger partial charge in [-0.15, -0.1) is 0 Å². The molecule has 36 heavy (non-hydrogen) atoms. The number of alkyl halides is 3. The van der Waals surface area contributed by atoms with Gasteiger partial charge in [-0.25, -0.2) is 8.42 Å². The van der Waals surface area contributed by atoms with Crippen molar-refractivity contribution in [2.24, 2.45) is 0 Å².